The molecular formula is C20H21ClN2O3. The van der Waals surface area contributed by atoms with Crippen LogP contribution in [0.25, 0.3) is 0 Å². The first-order chi connectivity index (χ1) is 12.5. The molecule has 5 nitrogen and oxygen atoms in total. The Balaban J connectivity index is 1.76. The molecule has 0 radical (unpaired) electrons. The van der Waals surface area contributed by atoms with Crippen LogP contribution in [0, 0.1) is 12.8 Å². The van der Waals surface area contributed by atoms with E-state index >= 15 is 0 Å². The van der Waals surface area contributed by atoms with Crippen molar-refractivity contribution in [2.75, 3.05) is 18.4 Å². The van der Waals surface area contributed by atoms with Crippen molar-refractivity contribution in [3.8, 4) is 11.5 Å². The second-order valence-electron chi connectivity index (χ2n) is 6.38. The predicted molar refractivity (Wildman–Crippen MR) is 102 cm³/mol. The first-order valence-electron chi connectivity index (χ1n) is 8.59. The van der Waals surface area contributed by atoms with Gasteiger partial charge >= 0.3 is 0 Å². The SMILES string of the molecule is CCN1CC(C(=O)Nc2cc(Cl)ccc2Oc2ccc(C)cc2)CC1=O. The number of benzene rings is 2. The molecule has 1 atom stereocenters. The molecule has 1 fully saturated rings. The maximum atomic E-state index is 12.6. The number of halogens is 1. The zero-order valence-corrected chi connectivity index (χ0v) is 15.5. The lowest BCUT2D eigenvalue weighted by atomic mass is 10.1. The van der Waals surface area contributed by atoms with E-state index < -0.39 is 0 Å². The Labute approximate surface area is 157 Å². The van der Waals surface area contributed by atoms with Crippen molar-refractivity contribution < 1.29 is 14.3 Å². The van der Waals surface area contributed by atoms with E-state index in [4.69, 9.17) is 16.3 Å². The molecular weight excluding hydrogens is 352 g/mol. The molecule has 1 aliphatic heterocycles. The Morgan fingerprint density at radius 2 is 2.00 bits per heavy atom. The molecule has 1 saturated heterocycles. The summed E-state index contributed by atoms with van der Waals surface area (Å²) in [4.78, 5) is 26.1. The number of carbonyl (C=O) groups is 2. The monoisotopic (exact) mass is 372 g/mol. The van der Waals surface area contributed by atoms with Crippen LogP contribution in [-0.4, -0.2) is 29.8 Å². The molecule has 2 amide bonds. The number of anilines is 1. The van der Waals surface area contributed by atoms with Gasteiger partial charge in [0.05, 0.1) is 11.6 Å². The molecule has 136 valence electrons. The van der Waals surface area contributed by atoms with Crippen LogP contribution in [0.3, 0.4) is 0 Å². The molecule has 2 aromatic rings. The standard InChI is InChI=1S/C20H21ClN2O3/c1-3-23-12-14(10-19(23)24)20(25)22-17-11-15(21)6-9-18(17)26-16-7-4-13(2)5-8-16/h4-9,11,14H,3,10,12H2,1-2H3,(H,22,25). The molecule has 1 aliphatic rings. The maximum Gasteiger partial charge on any atom is 0.229 e. The molecule has 3 rings (SSSR count). The summed E-state index contributed by atoms with van der Waals surface area (Å²) in [5, 5.41) is 3.36. The molecule has 1 heterocycles. The third-order valence-corrected chi connectivity index (χ3v) is 4.65. The number of ether oxygens (including phenoxy) is 1. The fourth-order valence-electron chi connectivity index (χ4n) is 2.91. The molecule has 1 N–H and O–H groups in total. The van der Waals surface area contributed by atoms with Crippen molar-refractivity contribution in [3.63, 3.8) is 0 Å². The summed E-state index contributed by atoms with van der Waals surface area (Å²) in [6, 6.07) is 12.7. The first-order valence-corrected chi connectivity index (χ1v) is 8.96. The number of nitrogens with zero attached hydrogens (tertiary/aromatic N) is 1. The number of hydrogen-bond donors (Lipinski definition) is 1. The van der Waals surface area contributed by atoms with E-state index in [0.29, 0.717) is 35.3 Å². The fourth-order valence-corrected chi connectivity index (χ4v) is 3.08. The Kier molecular flexibility index (Phi) is 5.47. The van der Waals surface area contributed by atoms with Crippen molar-refractivity contribution in [3.05, 3.63) is 53.1 Å². The highest BCUT2D eigenvalue weighted by atomic mass is 35.5. The van der Waals surface area contributed by atoms with Gasteiger partial charge < -0.3 is 15.0 Å². The van der Waals surface area contributed by atoms with E-state index in [0.717, 1.165) is 5.56 Å². The minimum atomic E-state index is -0.367. The first kappa shape index (κ1) is 18.3. The number of likely N-dealkylation sites (tertiary alicyclic amines) is 1. The fraction of sp³-hybridized carbons (Fsp3) is 0.300. The number of hydrogen-bond acceptors (Lipinski definition) is 3. The highest BCUT2D eigenvalue weighted by Crippen LogP contribution is 2.33. The van der Waals surface area contributed by atoms with Crippen LogP contribution in [-0.2, 0) is 9.59 Å². The number of amides is 2. The third-order valence-electron chi connectivity index (χ3n) is 4.42. The molecule has 1 unspecified atom stereocenters. The van der Waals surface area contributed by atoms with Crippen LogP contribution < -0.4 is 10.1 Å². The Hall–Kier alpha value is -2.53. The molecule has 6 heteroatoms. The second-order valence-corrected chi connectivity index (χ2v) is 6.81. The van der Waals surface area contributed by atoms with Crippen LogP contribution in [0.15, 0.2) is 42.5 Å². The molecule has 0 aliphatic carbocycles. The summed E-state index contributed by atoms with van der Waals surface area (Å²) >= 11 is 6.08. The van der Waals surface area contributed by atoms with Gasteiger partial charge in [-0.25, -0.2) is 0 Å². The lowest BCUT2D eigenvalue weighted by molar-refractivity contribution is -0.128. The lowest BCUT2D eigenvalue weighted by Crippen LogP contribution is -2.28. The predicted octanol–water partition coefficient (Wildman–Crippen LogP) is 4.25. The normalized spacial score (nSPS) is 16.7. The van der Waals surface area contributed by atoms with Gasteiger partial charge in [0.25, 0.3) is 0 Å². The van der Waals surface area contributed by atoms with Gasteiger partial charge in [-0.15, -0.1) is 0 Å². The van der Waals surface area contributed by atoms with E-state index in [1.165, 1.54) is 0 Å². The smallest absolute Gasteiger partial charge is 0.229 e. The van der Waals surface area contributed by atoms with Crippen molar-refractivity contribution >= 4 is 29.1 Å². The summed E-state index contributed by atoms with van der Waals surface area (Å²) in [6.45, 7) is 4.96. The Bertz CT molecular complexity index is 820. The minimum absolute atomic E-state index is 0.00914. The van der Waals surface area contributed by atoms with Crippen molar-refractivity contribution in [1.82, 2.24) is 4.90 Å². The molecule has 26 heavy (non-hydrogen) atoms. The van der Waals surface area contributed by atoms with Crippen LogP contribution >= 0.6 is 11.6 Å². The molecule has 2 aromatic carbocycles. The highest BCUT2D eigenvalue weighted by molar-refractivity contribution is 6.31. The lowest BCUT2D eigenvalue weighted by Gasteiger charge is -2.16. The Morgan fingerprint density at radius 3 is 2.65 bits per heavy atom. The van der Waals surface area contributed by atoms with E-state index in [1.54, 1.807) is 23.1 Å². The van der Waals surface area contributed by atoms with Crippen molar-refractivity contribution in [2.24, 2.45) is 5.92 Å². The third kappa shape index (κ3) is 4.17. The van der Waals surface area contributed by atoms with E-state index in [9.17, 15) is 9.59 Å². The number of carbonyl (C=O) groups excluding carboxylic acids is 2. The topological polar surface area (TPSA) is 58.6 Å². The van der Waals surface area contributed by atoms with Crippen LogP contribution in [0.4, 0.5) is 5.69 Å². The molecule has 0 saturated carbocycles. The van der Waals surface area contributed by atoms with E-state index in [2.05, 4.69) is 5.32 Å². The molecule has 0 bridgehead atoms. The van der Waals surface area contributed by atoms with Crippen LogP contribution in [0.5, 0.6) is 11.5 Å². The second kappa shape index (κ2) is 7.79. The van der Waals surface area contributed by atoms with E-state index in [1.807, 2.05) is 38.1 Å². The van der Waals surface area contributed by atoms with Crippen LogP contribution in [0.2, 0.25) is 5.02 Å². The average molecular weight is 373 g/mol. The largest absolute Gasteiger partial charge is 0.455 e. The summed E-state index contributed by atoms with van der Waals surface area (Å²) in [5.41, 5.74) is 1.62. The zero-order chi connectivity index (χ0) is 18.7. The van der Waals surface area contributed by atoms with Gasteiger partial charge in [-0.1, -0.05) is 29.3 Å². The van der Waals surface area contributed by atoms with Gasteiger partial charge in [-0.2, -0.15) is 0 Å². The maximum absolute atomic E-state index is 12.6. The summed E-state index contributed by atoms with van der Waals surface area (Å²) in [7, 11) is 0. The van der Waals surface area contributed by atoms with Gasteiger partial charge in [-0.05, 0) is 44.2 Å². The van der Waals surface area contributed by atoms with Gasteiger partial charge in [0.1, 0.15) is 5.75 Å². The van der Waals surface area contributed by atoms with Gasteiger partial charge in [0.2, 0.25) is 11.8 Å². The van der Waals surface area contributed by atoms with Gasteiger partial charge in [-0.3, -0.25) is 9.59 Å². The summed E-state index contributed by atoms with van der Waals surface area (Å²) < 4.78 is 5.90. The molecule has 0 spiro atoms. The van der Waals surface area contributed by atoms with Crippen LogP contribution in [0.1, 0.15) is 18.9 Å². The molecule has 0 aromatic heterocycles. The number of rotatable bonds is 5. The van der Waals surface area contributed by atoms with Crippen molar-refractivity contribution in [1.29, 1.82) is 0 Å². The van der Waals surface area contributed by atoms with E-state index in [-0.39, 0.29) is 24.2 Å². The van der Waals surface area contributed by atoms with Gasteiger partial charge in [0.15, 0.2) is 5.75 Å². The van der Waals surface area contributed by atoms with Crippen molar-refractivity contribution in [2.45, 2.75) is 20.3 Å². The zero-order valence-electron chi connectivity index (χ0n) is 14.8. The number of aryl methyl sites for hydroxylation is 1. The summed E-state index contributed by atoms with van der Waals surface area (Å²) in [6.07, 6.45) is 0.231. The quantitative estimate of drug-likeness (QED) is 0.853. The average Bonchev–Trinajstić information content (AvgIpc) is 3.00. The minimum Gasteiger partial charge on any atom is -0.455 e. The number of nitrogens with one attached hydrogen (secondary N) is 1. The van der Waals surface area contributed by atoms with Gasteiger partial charge in [0, 0.05) is 24.5 Å². The summed E-state index contributed by atoms with van der Waals surface area (Å²) in [5.74, 6) is 0.610. The Morgan fingerprint density at radius 1 is 1.27 bits per heavy atom. The highest BCUT2D eigenvalue weighted by Gasteiger charge is 2.33.